The highest BCUT2D eigenvalue weighted by atomic mass is 32.2. The fourth-order valence-electron chi connectivity index (χ4n) is 1.57. The van der Waals surface area contributed by atoms with Crippen LogP contribution in [0.4, 0.5) is 0 Å². The summed E-state index contributed by atoms with van der Waals surface area (Å²) in [6.45, 7) is 2.26. The third kappa shape index (κ3) is 2.67. The van der Waals surface area contributed by atoms with Gasteiger partial charge in [-0.1, -0.05) is 49.0 Å². The van der Waals surface area contributed by atoms with Gasteiger partial charge in [0, 0.05) is 25.2 Å². The van der Waals surface area contributed by atoms with Crippen LogP contribution in [0, 0.1) is 0 Å². The van der Waals surface area contributed by atoms with E-state index in [1.807, 2.05) is 31.2 Å². The molecule has 0 saturated carbocycles. The SMILES string of the molecule is C[C@@H](CSc1nccn1C)c1ccccc1. The number of aryl methyl sites for hydroxylation is 1. The number of hydrogen-bond donors (Lipinski definition) is 0. The standard InChI is InChI=1S/C13H16N2S/c1-11(12-6-4-3-5-7-12)10-16-13-14-8-9-15(13)2/h3-9,11H,10H2,1-2H3/t11-/m0/s1. The zero-order chi connectivity index (χ0) is 11.4. The van der Waals surface area contributed by atoms with Gasteiger partial charge in [-0.2, -0.15) is 0 Å². The van der Waals surface area contributed by atoms with Crippen molar-refractivity contribution in [1.82, 2.24) is 9.55 Å². The molecule has 0 bridgehead atoms. The lowest BCUT2D eigenvalue weighted by atomic mass is 10.0. The van der Waals surface area contributed by atoms with Gasteiger partial charge >= 0.3 is 0 Å². The van der Waals surface area contributed by atoms with Crippen molar-refractivity contribution in [2.45, 2.75) is 18.0 Å². The number of thioether (sulfide) groups is 1. The van der Waals surface area contributed by atoms with E-state index in [2.05, 4.69) is 46.8 Å². The van der Waals surface area contributed by atoms with E-state index in [1.165, 1.54) is 5.56 Å². The first-order valence-electron chi connectivity index (χ1n) is 5.42. The molecule has 0 aliphatic carbocycles. The highest BCUT2D eigenvalue weighted by Gasteiger charge is 2.07. The fraction of sp³-hybridized carbons (Fsp3) is 0.308. The molecule has 0 unspecified atom stereocenters. The molecule has 0 aliphatic heterocycles. The molecule has 0 N–H and O–H groups in total. The largest absolute Gasteiger partial charge is 0.329 e. The molecule has 0 saturated heterocycles. The number of aromatic nitrogens is 2. The second kappa shape index (κ2) is 5.21. The van der Waals surface area contributed by atoms with Crippen molar-refractivity contribution >= 4 is 11.8 Å². The van der Waals surface area contributed by atoms with Crippen LogP contribution in [-0.2, 0) is 7.05 Å². The lowest BCUT2D eigenvalue weighted by Gasteiger charge is -2.10. The minimum Gasteiger partial charge on any atom is -0.329 e. The maximum Gasteiger partial charge on any atom is 0.167 e. The van der Waals surface area contributed by atoms with Gasteiger partial charge in [0.05, 0.1) is 0 Å². The average Bonchev–Trinajstić information content (AvgIpc) is 2.73. The van der Waals surface area contributed by atoms with Crippen LogP contribution in [-0.4, -0.2) is 15.3 Å². The van der Waals surface area contributed by atoms with Gasteiger partial charge in [-0.05, 0) is 11.5 Å². The van der Waals surface area contributed by atoms with Gasteiger partial charge in [0.1, 0.15) is 0 Å². The van der Waals surface area contributed by atoms with E-state index in [0.717, 1.165) is 10.9 Å². The second-order valence-electron chi connectivity index (χ2n) is 3.94. The van der Waals surface area contributed by atoms with E-state index in [0.29, 0.717) is 5.92 Å². The minimum atomic E-state index is 0.558. The molecule has 1 heterocycles. The zero-order valence-corrected chi connectivity index (χ0v) is 10.4. The zero-order valence-electron chi connectivity index (χ0n) is 9.63. The lowest BCUT2D eigenvalue weighted by Crippen LogP contribution is -1.98. The summed E-state index contributed by atoms with van der Waals surface area (Å²) < 4.78 is 2.06. The maximum atomic E-state index is 4.31. The molecule has 2 aromatic rings. The molecule has 0 radical (unpaired) electrons. The summed E-state index contributed by atoms with van der Waals surface area (Å²) in [5.74, 6) is 1.62. The topological polar surface area (TPSA) is 17.8 Å². The number of imidazole rings is 1. The molecule has 0 spiro atoms. The fourth-order valence-corrected chi connectivity index (χ4v) is 2.56. The number of nitrogens with zero attached hydrogens (tertiary/aromatic N) is 2. The van der Waals surface area contributed by atoms with Crippen LogP contribution in [0.25, 0.3) is 0 Å². The molecular weight excluding hydrogens is 216 g/mol. The average molecular weight is 232 g/mol. The van der Waals surface area contributed by atoms with E-state index >= 15 is 0 Å². The van der Waals surface area contributed by atoms with E-state index in [9.17, 15) is 0 Å². The van der Waals surface area contributed by atoms with Crippen molar-refractivity contribution in [3.63, 3.8) is 0 Å². The number of hydrogen-bond acceptors (Lipinski definition) is 2. The van der Waals surface area contributed by atoms with Crippen LogP contribution in [0.1, 0.15) is 18.4 Å². The van der Waals surface area contributed by atoms with Gasteiger partial charge in [-0.25, -0.2) is 4.98 Å². The summed E-state index contributed by atoms with van der Waals surface area (Å²) in [5.41, 5.74) is 1.39. The Kier molecular flexibility index (Phi) is 3.67. The van der Waals surface area contributed by atoms with Crippen molar-refractivity contribution < 1.29 is 0 Å². The minimum absolute atomic E-state index is 0.558. The molecule has 84 valence electrons. The summed E-state index contributed by atoms with van der Waals surface area (Å²) in [6, 6.07) is 10.6. The molecule has 1 aromatic heterocycles. The lowest BCUT2D eigenvalue weighted by molar-refractivity contribution is 0.784. The number of rotatable bonds is 4. The first-order chi connectivity index (χ1) is 7.77. The molecule has 0 fully saturated rings. The Labute approximate surface area is 101 Å². The van der Waals surface area contributed by atoms with Crippen LogP contribution in [0.15, 0.2) is 47.9 Å². The van der Waals surface area contributed by atoms with Gasteiger partial charge in [-0.3, -0.25) is 0 Å². The highest BCUT2D eigenvalue weighted by molar-refractivity contribution is 7.99. The Balaban J connectivity index is 1.94. The smallest absolute Gasteiger partial charge is 0.167 e. The predicted octanol–water partition coefficient (Wildman–Crippen LogP) is 3.32. The van der Waals surface area contributed by atoms with Gasteiger partial charge in [0.25, 0.3) is 0 Å². The van der Waals surface area contributed by atoms with E-state index in [1.54, 1.807) is 0 Å². The summed E-state index contributed by atoms with van der Waals surface area (Å²) in [6.07, 6.45) is 3.82. The number of benzene rings is 1. The van der Waals surface area contributed by atoms with Crippen LogP contribution >= 0.6 is 11.8 Å². The van der Waals surface area contributed by atoms with Gasteiger partial charge in [0.2, 0.25) is 0 Å². The summed E-state index contributed by atoms with van der Waals surface area (Å²) >= 11 is 1.81. The van der Waals surface area contributed by atoms with Crippen molar-refractivity contribution in [3.05, 3.63) is 48.3 Å². The molecule has 3 heteroatoms. The highest BCUT2D eigenvalue weighted by Crippen LogP contribution is 2.24. The predicted molar refractivity (Wildman–Crippen MR) is 68.8 cm³/mol. The Morgan fingerprint density at radius 2 is 2.06 bits per heavy atom. The monoisotopic (exact) mass is 232 g/mol. The van der Waals surface area contributed by atoms with Crippen LogP contribution in [0.5, 0.6) is 0 Å². The first kappa shape index (κ1) is 11.3. The van der Waals surface area contributed by atoms with Crippen LogP contribution in [0.2, 0.25) is 0 Å². The molecule has 1 aromatic carbocycles. The van der Waals surface area contributed by atoms with Crippen molar-refractivity contribution in [3.8, 4) is 0 Å². The second-order valence-corrected chi connectivity index (χ2v) is 4.93. The Morgan fingerprint density at radius 3 is 2.69 bits per heavy atom. The quantitative estimate of drug-likeness (QED) is 0.753. The molecule has 2 nitrogen and oxygen atoms in total. The van der Waals surface area contributed by atoms with E-state index < -0.39 is 0 Å². The summed E-state index contributed by atoms with van der Waals surface area (Å²) in [5, 5.41) is 1.09. The molecular formula is C13H16N2S. The Hall–Kier alpha value is -1.22. The Morgan fingerprint density at radius 1 is 1.31 bits per heavy atom. The van der Waals surface area contributed by atoms with Gasteiger partial charge in [0.15, 0.2) is 5.16 Å². The molecule has 0 aliphatic rings. The molecule has 0 amide bonds. The molecule has 16 heavy (non-hydrogen) atoms. The third-order valence-corrected chi connectivity index (χ3v) is 3.93. The third-order valence-electron chi connectivity index (χ3n) is 2.61. The van der Waals surface area contributed by atoms with Crippen LogP contribution < -0.4 is 0 Å². The summed E-state index contributed by atoms with van der Waals surface area (Å²) in [4.78, 5) is 4.31. The van der Waals surface area contributed by atoms with Crippen molar-refractivity contribution in [2.24, 2.45) is 7.05 Å². The van der Waals surface area contributed by atoms with E-state index in [4.69, 9.17) is 0 Å². The molecule has 1 atom stereocenters. The van der Waals surface area contributed by atoms with Gasteiger partial charge in [-0.15, -0.1) is 0 Å². The van der Waals surface area contributed by atoms with Gasteiger partial charge < -0.3 is 4.57 Å². The Bertz CT molecular complexity index is 436. The van der Waals surface area contributed by atoms with E-state index in [-0.39, 0.29) is 0 Å². The maximum absolute atomic E-state index is 4.31. The van der Waals surface area contributed by atoms with Crippen LogP contribution in [0.3, 0.4) is 0 Å². The van der Waals surface area contributed by atoms with Crippen molar-refractivity contribution in [1.29, 1.82) is 0 Å². The normalized spacial score (nSPS) is 12.6. The first-order valence-corrected chi connectivity index (χ1v) is 6.41. The summed E-state index contributed by atoms with van der Waals surface area (Å²) in [7, 11) is 2.03. The molecule has 2 rings (SSSR count). The van der Waals surface area contributed by atoms with Crippen molar-refractivity contribution in [2.75, 3.05) is 5.75 Å².